The van der Waals surface area contributed by atoms with Crippen molar-refractivity contribution in [3.8, 4) is 5.75 Å². The van der Waals surface area contributed by atoms with Crippen molar-refractivity contribution in [1.29, 1.82) is 0 Å². The molecule has 0 aliphatic carbocycles. The molecule has 6 heteroatoms. The topological polar surface area (TPSA) is 53.0 Å². The number of benzene rings is 1. The molecule has 6 nitrogen and oxygen atoms in total. The van der Waals surface area contributed by atoms with Crippen molar-refractivity contribution in [3.63, 3.8) is 0 Å². The minimum Gasteiger partial charge on any atom is -0.496 e. The van der Waals surface area contributed by atoms with Gasteiger partial charge in [0.25, 0.3) is 0 Å². The molecule has 2 heterocycles. The van der Waals surface area contributed by atoms with Gasteiger partial charge in [0.2, 0.25) is 0 Å². The highest BCUT2D eigenvalue weighted by Gasteiger charge is 2.20. The van der Waals surface area contributed by atoms with Crippen molar-refractivity contribution in [3.05, 3.63) is 54.2 Å². The standard InChI is InChI=1S/C20H27N5O/c1-21-20(23-12-10-17-7-3-4-8-18(17)26-2)25-15-13-24(14-16-25)19-9-5-6-11-22-19/h3-9,11H,10,12-16H2,1-2H3,(H,21,23). The van der Waals surface area contributed by atoms with E-state index in [4.69, 9.17) is 4.74 Å². The van der Waals surface area contributed by atoms with E-state index in [0.29, 0.717) is 0 Å². The summed E-state index contributed by atoms with van der Waals surface area (Å²) in [6, 6.07) is 14.2. The number of pyridine rings is 1. The number of aliphatic imine (C=N–C) groups is 1. The summed E-state index contributed by atoms with van der Waals surface area (Å²) < 4.78 is 5.42. The lowest BCUT2D eigenvalue weighted by molar-refractivity contribution is 0.371. The minimum atomic E-state index is 0.827. The molecule has 1 fully saturated rings. The third kappa shape index (κ3) is 4.45. The van der Waals surface area contributed by atoms with E-state index >= 15 is 0 Å². The Morgan fingerprint density at radius 3 is 2.58 bits per heavy atom. The molecule has 1 N–H and O–H groups in total. The maximum Gasteiger partial charge on any atom is 0.193 e. The van der Waals surface area contributed by atoms with Gasteiger partial charge in [0.15, 0.2) is 5.96 Å². The van der Waals surface area contributed by atoms with E-state index in [1.54, 1.807) is 7.11 Å². The third-order valence-corrected chi connectivity index (χ3v) is 4.63. The van der Waals surface area contributed by atoms with Crippen LogP contribution in [0.25, 0.3) is 0 Å². The van der Waals surface area contributed by atoms with Gasteiger partial charge in [-0.1, -0.05) is 24.3 Å². The lowest BCUT2D eigenvalue weighted by Crippen LogP contribution is -2.53. The number of nitrogens with one attached hydrogen (secondary N) is 1. The van der Waals surface area contributed by atoms with Crippen molar-refractivity contribution >= 4 is 11.8 Å². The molecule has 3 rings (SSSR count). The Morgan fingerprint density at radius 2 is 1.88 bits per heavy atom. The van der Waals surface area contributed by atoms with Gasteiger partial charge in [-0.15, -0.1) is 0 Å². The van der Waals surface area contributed by atoms with Crippen LogP contribution in [0.2, 0.25) is 0 Å². The molecular formula is C20H27N5O. The molecule has 0 atom stereocenters. The Labute approximate surface area is 155 Å². The zero-order chi connectivity index (χ0) is 18.2. The number of guanidine groups is 1. The molecular weight excluding hydrogens is 326 g/mol. The predicted octanol–water partition coefficient (Wildman–Crippen LogP) is 2.03. The summed E-state index contributed by atoms with van der Waals surface area (Å²) in [5.74, 6) is 2.94. The fourth-order valence-corrected chi connectivity index (χ4v) is 3.24. The van der Waals surface area contributed by atoms with Crippen molar-refractivity contribution < 1.29 is 4.74 Å². The molecule has 1 aliphatic heterocycles. The Balaban J connectivity index is 1.49. The first-order valence-corrected chi connectivity index (χ1v) is 9.05. The molecule has 0 saturated carbocycles. The summed E-state index contributed by atoms with van der Waals surface area (Å²) in [6.45, 7) is 4.59. The van der Waals surface area contributed by atoms with Gasteiger partial charge in [0.05, 0.1) is 7.11 Å². The SMILES string of the molecule is CN=C(NCCc1ccccc1OC)N1CCN(c2ccccn2)CC1. The van der Waals surface area contributed by atoms with Gasteiger partial charge >= 0.3 is 0 Å². The van der Waals surface area contributed by atoms with Crippen molar-refractivity contribution in [2.75, 3.05) is 51.8 Å². The van der Waals surface area contributed by atoms with Crippen LogP contribution in [0, 0.1) is 0 Å². The Morgan fingerprint density at radius 1 is 1.12 bits per heavy atom. The average molecular weight is 353 g/mol. The highest BCUT2D eigenvalue weighted by molar-refractivity contribution is 5.80. The first kappa shape index (κ1) is 18.0. The smallest absolute Gasteiger partial charge is 0.193 e. The van der Waals surface area contributed by atoms with Crippen LogP contribution in [0.3, 0.4) is 0 Å². The van der Waals surface area contributed by atoms with Crippen LogP contribution in [0.4, 0.5) is 5.82 Å². The molecule has 1 aromatic carbocycles. The number of piperazine rings is 1. The molecule has 0 radical (unpaired) electrons. The van der Waals surface area contributed by atoms with Gasteiger partial charge in [-0.3, -0.25) is 4.99 Å². The quantitative estimate of drug-likeness (QED) is 0.658. The van der Waals surface area contributed by atoms with E-state index < -0.39 is 0 Å². The van der Waals surface area contributed by atoms with E-state index in [1.807, 2.05) is 43.6 Å². The Kier molecular flexibility index (Phi) is 6.30. The van der Waals surface area contributed by atoms with E-state index in [2.05, 4.69) is 37.2 Å². The first-order valence-electron chi connectivity index (χ1n) is 9.05. The Bertz CT molecular complexity index is 711. The van der Waals surface area contributed by atoms with Crippen molar-refractivity contribution in [2.45, 2.75) is 6.42 Å². The summed E-state index contributed by atoms with van der Waals surface area (Å²) in [6.07, 6.45) is 2.75. The second kappa shape index (κ2) is 9.08. The van der Waals surface area contributed by atoms with Gasteiger partial charge in [-0.25, -0.2) is 4.98 Å². The largest absolute Gasteiger partial charge is 0.496 e. The average Bonchev–Trinajstić information content (AvgIpc) is 2.72. The molecule has 1 aliphatic rings. The van der Waals surface area contributed by atoms with Crippen molar-refractivity contribution in [2.24, 2.45) is 4.99 Å². The van der Waals surface area contributed by atoms with Gasteiger partial charge < -0.3 is 19.9 Å². The number of nitrogens with zero attached hydrogens (tertiary/aromatic N) is 4. The molecule has 0 spiro atoms. The second-order valence-electron chi connectivity index (χ2n) is 6.20. The van der Waals surface area contributed by atoms with E-state index in [9.17, 15) is 0 Å². The Hall–Kier alpha value is -2.76. The second-order valence-corrected chi connectivity index (χ2v) is 6.20. The number of methoxy groups -OCH3 is 1. The number of rotatable bonds is 5. The maximum absolute atomic E-state index is 5.42. The zero-order valence-corrected chi connectivity index (χ0v) is 15.6. The fraction of sp³-hybridized carbons (Fsp3) is 0.400. The van der Waals surface area contributed by atoms with Gasteiger partial charge in [0, 0.05) is 46.0 Å². The van der Waals surface area contributed by atoms with Gasteiger partial charge in [0.1, 0.15) is 11.6 Å². The molecule has 0 unspecified atom stereocenters. The van der Waals surface area contributed by atoms with Crippen LogP contribution >= 0.6 is 0 Å². The number of hydrogen-bond donors (Lipinski definition) is 1. The van der Waals surface area contributed by atoms with Crippen molar-refractivity contribution in [1.82, 2.24) is 15.2 Å². The lowest BCUT2D eigenvalue weighted by Gasteiger charge is -2.37. The first-order chi connectivity index (χ1) is 12.8. The number of anilines is 1. The number of hydrogen-bond acceptors (Lipinski definition) is 4. The van der Waals surface area contributed by atoms with E-state index in [-0.39, 0.29) is 0 Å². The summed E-state index contributed by atoms with van der Waals surface area (Å²) >= 11 is 0. The van der Waals surface area contributed by atoms with Crippen LogP contribution in [-0.4, -0.2) is 62.7 Å². The van der Waals surface area contributed by atoms with Crippen LogP contribution in [0.1, 0.15) is 5.56 Å². The number of para-hydroxylation sites is 1. The molecule has 0 bridgehead atoms. The van der Waals surface area contributed by atoms with Gasteiger partial charge in [-0.05, 0) is 30.2 Å². The van der Waals surface area contributed by atoms with E-state index in [0.717, 1.165) is 56.7 Å². The molecule has 2 aromatic rings. The van der Waals surface area contributed by atoms with Crippen LogP contribution in [0.5, 0.6) is 5.75 Å². The summed E-state index contributed by atoms with van der Waals surface area (Å²) in [4.78, 5) is 13.5. The zero-order valence-electron chi connectivity index (χ0n) is 15.6. The molecule has 0 amide bonds. The highest BCUT2D eigenvalue weighted by Crippen LogP contribution is 2.17. The summed E-state index contributed by atoms with van der Waals surface area (Å²) in [7, 11) is 3.56. The monoisotopic (exact) mass is 353 g/mol. The number of aromatic nitrogens is 1. The highest BCUT2D eigenvalue weighted by atomic mass is 16.5. The normalized spacial score (nSPS) is 15.1. The third-order valence-electron chi connectivity index (χ3n) is 4.63. The van der Waals surface area contributed by atoms with Crippen LogP contribution in [-0.2, 0) is 6.42 Å². The molecule has 1 saturated heterocycles. The molecule has 138 valence electrons. The summed E-state index contributed by atoms with van der Waals surface area (Å²) in [5.41, 5.74) is 1.21. The predicted molar refractivity (Wildman–Crippen MR) is 106 cm³/mol. The molecule has 26 heavy (non-hydrogen) atoms. The van der Waals surface area contributed by atoms with Crippen LogP contribution < -0.4 is 15.0 Å². The molecule has 1 aromatic heterocycles. The van der Waals surface area contributed by atoms with E-state index in [1.165, 1.54) is 5.56 Å². The van der Waals surface area contributed by atoms with Gasteiger partial charge in [-0.2, -0.15) is 0 Å². The lowest BCUT2D eigenvalue weighted by atomic mass is 10.1. The number of ether oxygens (including phenoxy) is 1. The fourth-order valence-electron chi connectivity index (χ4n) is 3.24. The van der Waals surface area contributed by atoms with Crippen LogP contribution in [0.15, 0.2) is 53.7 Å². The maximum atomic E-state index is 5.42. The summed E-state index contributed by atoms with van der Waals surface area (Å²) in [5, 5.41) is 3.48. The minimum absolute atomic E-state index is 0.827.